The Labute approximate surface area is 76.5 Å². The molecule has 0 saturated carbocycles. The molecular weight excluding hydrogens is 170 g/mol. The van der Waals surface area contributed by atoms with Crippen LogP contribution in [0.5, 0.6) is 0 Å². The molecule has 0 aliphatic heterocycles. The lowest BCUT2D eigenvalue weighted by molar-refractivity contribution is 0.0636. The zero-order valence-electron chi connectivity index (χ0n) is 7.38. The van der Waals surface area contributed by atoms with Crippen LogP contribution in [0.1, 0.15) is 11.7 Å². The summed E-state index contributed by atoms with van der Waals surface area (Å²) in [4.78, 5) is 7.90. The van der Waals surface area contributed by atoms with E-state index in [9.17, 15) is 5.11 Å². The lowest BCUT2D eigenvalue weighted by atomic mass is 10.1. The molecule has 0 radical (unpaired) electrons. The van der Waals surface area contributed by atoms with Gasteiger partial charge in [-0.05, 0) is 7.05 Å². The van der Waals surface area contributed by atoms with Gasteiger partial charge in [0.25, 0.3) is 0 Å². The minimum Gasteiger partial charge on any atom is -0.394 e. The summed E-state index contributed by atoms with van der Waals surface area (Å²) in [7, 11) is 1.69. The molecule has 5 heteroatoms. The van der Waals surface area contributed by atoms with E-state index in [0.717, 1.165) is 0 Å². The van der Waals surface area contributed by atoms with Crippen LogP contribution in [0.3, 0.4) is 0 Å². The monoisotopic (exact) mass is 183 g/mol. The van der Waals surface area contributed by atoms with Gasteiger partial charge >= 0.3 is 0 Å². The summed E-state index contributed by atoms with van der Waals surface area (Å²) < 4.78 is 0. The van der Waals surface area contributed by atoms with Crippen molar-refractivity contribution in [1.29, 1.82) is 0 Å². The third-order valence-corrected chi connectivity index (χ3v) is 1.78. The maximum Gasteiger partial charge on any atom is 0.0980 e. The van der Waals surface area contributed by atoms with E-state index in [-0.39, 0.29) is 12.6 Å². The maximum atomic E-state index is 9.39. The highest BCUT2D eigenvalue weighted by Gasteiger charge is 2.19. The number of likely N-dealkylation sites (N-methyl/N-ethyl adjacent to an activating group) is 1. The van der Waals surface area contributed by atoms with E-state index in [0.29, 0.717) is 5.69 Å². The van der Waals surface area contributed by atoms with Crippen molar-refractivity contribution in [3.8, 4) is 0 Å². The second-order valence-electron chi connectivity index (χ2n) is 2.65. The van der Waals surface area contributed by atoms with E-state index in [1.54, 1.807) is 25.6 Å². The summed E-state index contributed by atoms with van der Waals surface area (Å²) in [6.07, 6.45) is 3.80. The van der Waals surface area contributed by atoms with Crippen molar-refractivity contribution in [3.05, 3.63) is 24.3 Å². The highest BCUT2D eigenvalue weighted by molar-refractivity contribution is 5.04. The maximum absolute atomic E-state index is 9.39. The van der Waals surface area contributed by atoms with E-state index in [2.05, 4.69) is 15.3 Å². The number of hydrogen-bond acceptors (Lipinski definition) is 5. The zero-order chi connectivity index (χ0) is 9.68. The molecule has 1 heterocycles. The van der Waals surface area contributed by atoms with Gasteiger partial charge in [-0.1, -0.05) is 0 Å². The summed E-state index contributed by atoms with van der Waals surface area (Å²) in [5.74, 6) is 0. The van der Waals surface area contributed by atoms with E-state index >= 15 is 0 Å². The van der Waals surface area contributed by atoms with E-state index in [4.69, 9.17) is 5.11 Å². The molecule has 72 valence electrons. The van der Waals surface area contributed by atoms with Crippen LogP contribution in [0.25, 0.3) is 0 Å². The van der Waals surface area contributed by atoms with Crippen LogP contribution in [0.15, 0.2) is 18.6 Å². The molecule has 2 atom stereocenters. The van der Waals surface area contributed by atoms with Crippen LogP contribution in [0, 0.1) is 0 Å². The first kappa shape index (κ1) is 10.0. The molecule has 0 saturated heterocycles. The average Bonchev–Trinajstić information content (AvgIpc) is 2.20. The Kier molecular flexibility index (Phi) is 3.75. The highest BCUT2D eigenvalue weighted by Crippen LogP contribution is 2.11. The molecule has 0 fully saturated rings. The number of aliphatic hydroxyl groups is 2. The molecule has 1 aromatic heterocycles. The molecule has 1 rings (SSSR count). The number of hydrogen-bond donors (Lipinski definition) is 3. The second-order valence-corrected chi connectivity index (χ2v) is 2.65. The molecule has 3 N–H and O–H groups in total. The molecule has 0 bridgehead atoms. The van der Waals surface area contributed by atoms with Gasteiger partial charge in [0.05, 0.1) is 30.6 Å². The van der Waals surface area contributed by atoms with Crippen molar-refractivity contribution < 1.29 is 10.2 Å². The van der Waals surface area contributed by atoms with E-state index < -0.39 is 6.10 Å². The van der Waals surface area contributed by atoms with Crippen LogP contribution >= 0.6 is 0 Å². The molecule has 0 aromatic carbocycles. The van der Waals surface area contributed by atoms with Crippen molar-refractivity contribution in [2.45, 2.75) is 12.1 Å². The standard InChI is InChI=1S/C8H13N3O2/c1-9-8(7(13)5-12)6-4-10-2-3-11-6/h2-4,7-9,12-13H,5H2,1H3. The van der Waals surface area contributed by atoms with Crippen molar-refractivity contribution in [3.63, 3.8) is 0 Å². The number of rotatable bonds is 4. The van der Waals surface area contributed by atoms with Gasteiger partial charge in [0.15, 0.2) is 0 Å². The van der Waals surface area contributed by atoms with Crippen molar-refractivity contribution in [2.24, 2.45) is 0 Å². The SMILES string of the molecule is CNC(c1cnccn1)C(O)CO. The highest BCUT2D eigenvalue weighted by atomic mass is 16.3. The summed E-state index contributed by atoms with van der Waals surface area (Å²) in [5, 5.41) is 21.0. The molecule has 0 spiro atoms. The molecule has 13 heavy (non-hydrogen) atoms. The first-order valence-corrected chi connectivity index (χ1v) is 4.01. The summed E-state index contributed by atoms with van der Waals surface area (Å²) in [6, 6.07) is -0.376. The van der Waals surface area contributed by atoms with E-state index in [1.807, 2.05) is 0 Å². The van der Waals surface area contributed by atoms with Gasteiger partial charge in [-0.2, -0.15) is 0 Å². The van der Waals surface area contributed by atoms with Crippen LogP contribution in [0.2, 0.25) is 0 Å². The van der Waals surface area contributed by atoms with Gasteiger partial charge < -0.3 is 15.5 Å². The Balaban J connectivity index is 2.78. The Hall–Kier alpha value is -1.04. The average molecular weight is 183 g/mol. The molecule has 0 aliphatic rings. The van der Waals surface area contributed by atoms with Gasteiger partial charge in [-0.25, -0.2) is 0 Å². The molecule has 2 unspecified atom stereocenters. The smallest absolute Gasteiger partial charge is 0.0980 e. The largest absolute Gasteiger partial charge is 0.394 e. The minimum absolute atomic E-state index is 0.303. The fourth-order valence-corrected chi connectivity index (χ4v) is 1.11. The number of nitrogens with zero attached hydrogens (tertiary/aromatic N) is 2. The molecule has 1 aromatic rings. The third-order valence-electron chi connectivity index (χ3n) is 1.78. The Morgan fingerprint density at radius 3 is 2.77 bits per heavy atom. The normalized spacial score (nSPS) is 15.3. The lowest BCUT2D eigenvalue weighted by Gasteiger charge is -2.19. The first-order chi connectivity index (χ1) is 6.29. The lowest BCUT2D eigenvalue weighted by Crippen LogP contribution is -2.32. The first-order valence-electron chi connectivity index (χ1n) is 4.01. The van der Waals surface area contributed by atoms with Gasteiger partial charge in [-0.15, -0.1) is 0 Å². The van der Waals surface area contributed by atoms with Gasteiger partial charge in [0, 0.05) is 12.4 Å². The Morgan fingerprint density at radius 2 is 2.31 bits per heavy atom. The van der Waals surface area contributed by atoms with Gasteiger partial charge in [0.1, 0.15) is 0 Å². The summed E-state index contributed by atoms with van der Waals surface area (Å²) in [6.45, 7) is -0.303. The molecule has 0 aliphatic carbocycles. The van der Waals surface area contributed by atoms with Crippen LogP contribution in [0.4, 0.5) is 0 Å². The fourth-order valence-electron chi connectivity index (χ4n) is 1.11. The fraction of sp³-hybridized carbons (Fsp3) is 0.500. The predicted octanol–water partition coefficient (Wildman–Crippen LogP) is -0.910. The van der Waals surface area contributed by atoms with E-state index in [1.165, 1.54) is 0 Å². The topological polar surface area (TPSA) is 78.3 Å². The van der Waals surface area contributed by atoms with Crippen molar-refractivity contribution in [2.75, 3.05) is 13.7 Å². The number of aromatic nitrogens is 2. The zero-order valence-corrected chi connectivity index (χ0v) is 7.38. The molecule has 0 amide bonds. The Morgan fingerprint density at radius 1 is 1.54 bits per heavy atom. The van der Waals surface area contributed by atoms with Crippen LogP contribution in [-0.2, 0) is 0 Å². The number of aliphatic hydroxyl groups excluding tert-OH is 2. The third kappa shape index (κ3) is 2.45. The second kappa shape index (κ2) is 4.86. The van der Waals surface area contributed by atoms with Gasteiger partial charge in [0.2, 0.25) is 0 Å². The summed E-state index contributed by atoms with van der Waals surface area (Å²) in [5.41, 5.74) is 0.617. The number of nitrogens with one attached hydrogen (secondary N) is 1. The quantitative estimate of drug-likeness (QED) is 0.563. The van der Waals surface area contributed by atoms with Crippen LogP contribution < -0.4 is 5.32 Å². The molecule has 5 nitrogen and oxygen atoms in total. The van der Waals surface area contributed by atoms with Crippen molar-refractivity contribution >= 4 is 0 Å². The Bertz CT molecular complexity index is 242. The predicted molar refractivity (Wildman–Crippen MR) is 46.9 cm³/mol. The van der Waals surface area contributed by atoms with Gasteiger partial charge in [-0.3, -0.25) is 9.97 Å². The van der Waals surface area contributed by atoms with Crippen LogP contribution in [-0.4, -0.2) is 39.9 Å². The summed E-state index contributed by atoms with van der Waals surface area (Å²) >= 11 is 0. The molecular formula is C8H13N3O2. The van der Waals surface area contributed by atoms with Crippen molar-refractivity contribution in [1.82, 2.24) is 15.3 Å². The minimum atomic E-state index is -0.860.